The molecular weight excluding hydrogens is 651 g/mol. The number of carbonyl (C=O) groups excluding carboxylic acids is 1. The third-order valence-electron chi connectivity index (χ3n) is 6.97. The average Bonchev–Trinajstić information content (AvgIpc) is 3.56. The maximum Gasteiger partial charge on any atom is 0.338 e. The molecule has 0 saturated carbocycles. The quantitative estimate of drug-likeness (QED) is 0.167. The summed E-state index contributed by atoms with van der Waals surface area (Å²) in [6.45, 7) is 3.72. The van der Waals surface area contributed by atoms with Crippen molar-refractivity contribution in [3.8, 4) is 17.1 Å². The van der Waals surface area contributed by atoms with Gasteiger partial charge in [0.1, 0.15) is 23.3 Å². The molecule has 1 aliphatic heterocycles. The van der Waals surface area contributed by atoms with Gasteiger partial charge in [0.25, 0.3) is 5.56 Å². The van der Waals surface area contributed by atoms with Crippen molar-refractivity contribution in [3.63, 3.8) is 0 Å². The summed E-state index contributed by atoms with van der Waals surface area (Å²) < 4.78 is 20.5. The zero-order valence-corrected chi connectivity index (χ0v) is 25.5. The van der Waals surface area contributed by atoms with Gasteiger partial charge >= 0.3 is 5.97 Å². The van der Waals surface area contributed by atoms with Crippen molar-refractivity contribution in [2.45, 2.75) is 19.9 Å². The Morgan fingerprint density at radius 1 is 1.10 bits per heavy atom. The molecule has 0 N–H and O–H groups in total. The number of esters is 1. The zero-order valence-electron chi connectivity index (χ0n) is 22.5. The van der Waals surface area contributed by atoms with Gasteiger partial charge in [-0.15, -0.1) is 0 Å². The molecule has 3 aromatic carbocycles. The Labute approximate surface area is 253 Å². The number of rotatable bonds is 6. The summed E-state index contributed by atoms with van der Waals surface area (Å²) in [6, 6.07) is 22.6. The molecule has 41 heavy (non-hydrogen) atoms. The molecule has 0 unspecified atom stereocenters. The molecule has 5 aromatic rings. The van der Waals surface area contributed by atoms with Crippen LogP contribution in [0.2, 0.25) is 0 Å². The first-order chi connectivity index (χ1) is 19.9. The molecule has 0 spiro atoms. The van der Waals surface area contributed by atoms with E-state index in [2.05, 4.69) is 22.6 Å². The Hall–Kier alpha value is -3.96. The van der Waals surface area contributed by atoms with Crippen LogP contribution in [0.3, 0.4) is 0 Å². The van der Waals surface area contributed by atoms with Gasteiger partial charge in [0.05, 0.1) is 29.5 Å². The van der Waals surface area contributed by atoms with Crippen molar-refractivity contribution in [3.05, 3.63) is 119 Å². The Morgan fingerprint density at radius 3 is 2.63 bits per heavy atom. The second kappa shape index (κ2) is 11.1. The predicted molar refractivity (Wildman–Crippen MR) is 168 cm³/mol. The average molecular weight is 677 g/mol. The van der Waals surface area contributed by atoms with Crippen molar-refractivity contribution in [2.24, 2.45) is 4.99 Å². The maximum atomic E-state index is 14.1. The lowest BCUT2D eigenvalue weighted by Gasteiger charge is -2.27. The number of furan rings is 1. The van der Waals surface area contributed by atoms with Crippen LogP contribution in [0.25, 0.3) is 28.2 Å². The molecular formula is C32H25IN2O5S. The topological polar surface area (TPSA) is 83.0 Å². The third-order valence-corrected chi connectivity index (χ3v) is 8.67. The number of hydrogen-bond donors (Lipinski definition) is 0. The van der Waals surface area contributed by atoms with E-state index in [0.29, 0.717) is 43.4 Å². The highest BCUT2D eigenvalue weighted by Gasteiger charge is 2.36. The van der Waals surface area contributed by atoms with Gasteiger partial charge in [-0.1, -0.05) is 53.8 Å². The molecule has 0 aliphatic carbocycles. The van der Waals surface area contributed by atoms with Gasteiger partial charge in [-0.25, -0.2) is 9.79 Å². The molecule has 2 aromatic heterocycles. The summed E-state index contributed by atoms with van der Waals surface area (Å²) >= 11 is 3.51. The van der Waals surface area contributed by atoms with E-state index in [4.69, 9.17) is 18.9 Å². The van der Waals surface area contributed by atoms with E-state index in [1.807, 2.05) is 72.8 Å². The molecule has 0 fully saturated rings. The minimum Gasteiger partial charge on any atom is -0.496 e. The van der Waals surface area contributed by atoms with Crippen molar-refractivity contribution < 1.29 is 18.7 Å². The van der Waals surface area contributed by atoms with E-state index in [0.717, 1.165) is 19.9 Å². The number of ether oxygens (including phenoxy) is 2. The monoisotopic (exact) mass is 676 g/mol. The van der Waals surface area contributed by atoms with Crippen molar-refractivity contribution in [2.75, 3.05) is 13.7 Å². The Bertz CT molecular complexity index is 2020. The Morgan fingerprint density at radius 2 is 1.88 bits per heavy atom. The first-order valence-corrected chi connectivity index (χ1v) is 14.9. The summed E-state index contributed by atoms with van der Waals surface area (Å²) in [5.41, 5.74) is 2.17. The van der Waals surface area contributed by atoms with Gasteiger partial charge in [0, 0.05) is 20.8 Å². The number of halogens is 1. The van der Waals surface area contributed by atoms with Crippen LogP contribution >= 0.6 is 33.9 Å². The Balaban J connectivity index is 1.57. The number of aromatic nitrogens is 1. The fourth-order valence-electron chi connectivity index (χ4n) is 5.13. The van der Waals surface area contributed by atoms with Gasteiger partial charge in [-0.05, 0) is 77.5 Å². The number of thiazole rings is 1. The van der Waals surface area contributed by atoms with Crippen LogP contribution in [-0.2, 0) is 9.53 Å². The first kappa shape index (κ1) is 27.2. The molecule has 1 aliphatic rings. The second-order valence-corrected chi connectivity index (χ2v) is 11.7. The van der Waals surface area contributed by atoms with Crippen LogP contribution in [0, 0.1) is 3.57 Å². The molecule has 1 atom stereocenters. The number of benzene rings is 3. The van der Waals surface area contributed by atoms with Crippen molar-refractivity contribution in [1.29, 1.82) is 0 Å². The van der Waals surface area contributed by atoms with Crippen LogP contribution in [0.4, 0.5) is 0 Å². The molecule has 0 bridgehead atoms. The highest BCUT2D eigenvalue weighted by molar-refractivity contribution is 14.1. The maximum absolute atomic E-state index is 14.1. The largest absolute Gasteiger partial charge is 0.496 e. The highest BCUT2D eigenvalue weighted by atomic mass is 127. The van der Waals surface area contributed by atoms with E-state index in [1.165, 1.54) is 11.3 Å². The van der Waals surface area contributed by atoms with Crippen LogP contribution in [-0.4, -0.2) is 24.3 Å². The molecule has 7 nitrogen and oxygen atoms in total. The minimum atomic E-state index is -0.799. The third kappa shape index (κ3) is 4.93. The Kier molecular flexibility index (Phi) is 7.39. The minimum absolute atomic E-state index is 0.195. The summed E-state index contributed by atoms with van der Waals surface area (Å²) in [5.74, 6) is 1.30. The number of fused-ring (bicyclic) bond motifs is 2. The lowest BCUT2D eigenvalue weighted by molar-refractivity contribution is -0.139. The molecule has 0 radical (unpaired) electrons. The predicted octanol–water partition coefficient (Wildman–Crippen LogP) is 5.82. The normalized spacial score (nSPS) is 15.1. The lowest BCUT2D eigenvalue weighted by Crippen LogP contribution is -2.40. The van der Waals surface area contributed by atoms with Crippen molar-refractivity contribution in [1.82, 2.24) is 4.57 Å². The van der Waals surface area contributed by atoms with E-state index < -0.39 is 12.0 Å². The van der Waals surface area contributed by atoms with E-state index in [1.54, 1.807) is 31.6 Å². The van der Waals surface area contributed by atoms with Crippen LogP contribution in [0.15, 0.2) is 98.3 Å². The van der Waals surface area contributed by atoms with Gasteiger partial charge in [0.15, 0.2) is 4.80 Å². The molecule has 6 rings (SSSR count). The smallest absolute Gasteiger partial charge is 0.338 e. The first-order valence-electron chi connectivity index (χ1n) is 13.0. The van der Waals surface area contributed by atoms with Gasteiger partial charge in [0.2, 0.25) is 0 Å². The number of hydrogen-bond acceptors (Lipinski definition) is 7. The standard InChI is InChI=1S/C32H25IN2O5S/c1-4-39-31(37)27-18(2)34-32-35(29(27)28-23-8-6-5-7-19(23)11-15-25(28)38-3)30(36)26(41-32)17-22-14-16-24(40-22)20-9-12-21(33)13-10-20/h5-17,29H,4H2,1-3H3/b26-17-/t29-/m0/s1. The van der Waals surface area contributed by atoms with Crippen LogP contribution in [0.5, 0.6) is 5.75 Å². The SMILES string of the molecule is CCOC(=O)C1=C(C)N=c2s/c(=C\c3ccc(-c4ccc(I)cc4)o3)c(=O)n2[C@@H]1c1c(OC)ccc2ccccc12. The number of methoxy groups -OCH3 is 1. The van der Waals surface area contributed by atoms with Gasteiger partial charge in [-0.2, -0.15) is 0 Å². The fourth-order valence-corrected chi connectivity index (χ4v) is 6.52. The zero-order chi connectivity index (χ0) is 28.7. The van der Waals surface area contributed by atoms with Crippen LogP contribution in [0.1, 0.15) is 31.2 Å². The van der Waals surface area contributed by atoms with E-state index in [-0.39, 0.29) is 12.2 Å². The number of nitrogens with zero attached hydrogens (tertiary/aromatic N) is 2. The van der Waals surface area contributed by atoms with Gasteiger partial charge in [-0.3, -0.25) is 9.36 Å². The molecule has 0 amide bonds. The summed E-state index contributed by atoms with van der Waals surface area (Å²) in [7, 11) is 1.58. The molecule has 206 valence electrons. The van der Waals surface area contributed by atoms with Gasteiger partial charge < -0.3 is 13.9 Å². The number of allylic oxidation sites excluding steroid dienone is 1. The fraction of sp³-hybridized carbons (Fsp3) is 0.156. The summed E-state index contributed by atoms with van der Waals surface area (Å²) in [5, 5.41) is 1.83. The molecule has 0 saturated heterocycles. The van der Waals surface area contributed by atoms with E-state index in [9.17, 15) is 9.59 Å². The number of carbonyl (C=O) groups is 1. The summed E-state index contributed by atoms with van der Waals surface area (Å²) in [6.07, 6.45) is 1.72. The van der Waals surface area contributed by atoms with E-state index >= 15 is 0 Å². The molecule has 9 heteroatoms. The van der Waals surface area contributed by atoms with Crippen molar-refractivity contribution >= 4 is 56.7 Å². The molecule has 3 heterocycles. The second-order valence-electron chi connectivity index (χ2n) is 9.41. The van der Waals surface area contributed by atoms with Crippen LogP contribution < -0.4 is 19.6 Å². The summed E-state index contributed by atoms with van der Waals surface area (Å²) in [4.78, 5) is 32.7. The highest BCUT2D eigenvalue weighted by Crippen LogP contribution is 2.40. The lowest BCUT2D eigenvalue weighted by atomic mass is 9.90.